The number of hydrogen-bond acceptors (Lipinski definition) is 7. The summed E-state index contributed by atoms with van der Waals surface area (Å²) in [6.45, 7) is 3.25. The standard InChI is InChI=1S/C18H22N4O2.C2HF3O2/c1-21(2)18-14-5-7-22(8-6-15(14)19-11-20-18)10-13-3-4-16-17(9-13)24-12-23-16;3-2(4,5)1(6)7/h3-4,9,11H,5-8,10,12H2,1-2H3;(H,6,7). The van der Waals surface area contributed by atoms with Gasteiger partial charge in [0.1, 0.15) is 12.1 Å². The van der Waals surface area contributed by atoms with E-state index in [1.807, 2.05) is 20.2 Å². The number of alkyl halides is 3. The summed E-state index contributed by atoms with van der Waals surface area (Å²) in [7, 11) is 4.08. The van der Waals surface area contributed by atoms with E-state index >= 15 is 0 Å². The van der Waals surface area contributed by atoms with Gasteiger partial charge in [0, 0.05) is 45.7 Å². The molecule has 1 aromatic heterocycles. The fraction of sp³-hybridized carbons (Fsp3) is 0.450. The first-order valence-electron chi connectivity index (χ1n) is 9.56. The maximum Gasteiger partial charge on any atom is 0.490 e. The van der Waals surface area contributed by atoms with Gasteiger partial charge in [-0.1, -0.05) is 6.07 Å². The van der Waals surface area contributed by atoms with E-state index in [4.69, 9.17) is 19.4 Å². The van der Waals surface area contributed by atoms with E-state index in [0.29, 0.717) is 6.79 Å². The maximum atomic E-state index is 10.6. The first-order chi connectivity index (χ1) is 14.6. The van der Waals surface area contributed by atoms with Crippen LogP contribution in [0.15, 0.2) is 24.5 Å². The molecule has 0 fully saturated rings. The van der Waals surface area contributed by atoms with Gasteiger partial charge in [0.15, 0.2) is 11.5 Å². The van der Waals surface area contributed by atoms with Crippen LogP contribution in [-0.2, 0) is 24.2 Å². The molecule has 31 heavy (non-hydrogen) atoms. The molecule has 3 heterocycles. The number of nitrogens with zero attached hydrogens (tertiary/aromatic N) is 4. The van der Waals surface area contributed by atoms with E-state index < -0.39 is 12.1 Å². The molecule has 8 nitrogen and oxygen atoms in total. The molecule has 2 aromatic rings. The molecule has 0 unspecified atom stereocenters. The fourth-order valence-electron chi connectivity index (χ4n) is 3.40. The quantitative estimate of drug-likeness (QED) is 0.779. The lowest BCUT2D eigenvalue weighted by Gasteiger charge is -2.20. The van der Waals surface area contributed by atoms with Crippen molar-refractivity contribution in [1.82, 2.24) is 14.9 Å². The van der Waals surface area contributed by atoms with Crippen molar-refractivity contribution >= 4 is 11.8 Å². The van der Waals surface area contributed by atoms with Crippen LogP contribution in [0, 0.1) is 0 Å². The summed E-state index contributed by atoms with van der Waals surface area (Å²) in [6, 6.07) is 6.21. The molecule has 1 aromatic carbocycles. The van der Waals surface area contributed by atoms with E-state index in [1.165, 1.54) is 16.8 Å². The third kappa shape index (κ3) is 5.75. The Bertz CT molecular complexity index is 937. The summed E-state index contributed by atoms with van der Waals surface area (Å²) in [5.74, 6) is -0.0169. The van der Waals surface area contributed by atoms with Crippen molar-refractivity contribution in [2.75, 3.05) is 38.9 Å². The number of ether oxygens (including phenoxy) is 2. The van der Waals surface area contributed by atoms with Gasteiger partial charge in [0.05, 0.1) is 5.69 Å². The monoisotopic (exact) mass is 440 g/mol. The zero-order valence-corrected chi connectivity index (χ0v) is 17.1. The molecule has 2 aliphatic rings. The minimum atomic E-state index is -5.08. The van der Waals surface area contributed by atoms with Crippen molar-refractivity contribution in [3.63, 3.8) is 0 Å². The van der Waals surface area contributed by atoms with Crippen LogP contribution in [0.5, 0.6) is 11.5 Å². The minimum absolute atomic E-state index is 0.323. The van der Waals surface area contributed by atoms with Crippen molar-refractivity contribution in [2.45, 2.75) is 25.6 Å². The normalized spacial score (nSPS) is 15.4. The molecule has 168 valence electrons. The number of aromatic nitrogens is 2. The number of halogens is 3. The molecule has 0 amide bonds. The first-order valence-corrected chi connectivity index (χ1v) is 9.56. The third-order valence-corrected chi connectivity index (χ3v) is 4.86. The van der Waals surface area contributed by atoms with Gasteiger partial charge < -0.3 is 19.5 Å². The molecule has 4 rings (SSSR count). The summed E-state index contributed by atoms with van der Waals surface area (Å²) < 4.78 is 42.6. The van der Waals surface area contributed by atoms with Gasteiger partial charge >= 0.3 is 12.1 Å². The number of carbonyl (C=O) groups is 1. The van der Waals surface area contributed by atoms with E-state index in [9.17, 15) is 13.2 Å². The zero-order valence-electron chi connectivity index (χ0n) is 17.1. The average molecular weight is 440 g/mol. The van der Waals surface area contributed by atoms with Crippen LogP contribution < -0.4 is 14.4 Å². The molecule has 2 aliphatic heterocycles. The minimum Gasteiger partial charge on any atom is -0.475 e. The summed E-state index contributed by atoms with van der Waals surface area (Å²) in [4.78, 5) is 22.4. The van der Waals surface area contributed by atoms with Gasteiger partial charge in [-0.05, 0) is 24.1 Å². The second kappa shape index (κ2) is 9.38. The number of aliphatic carboxylic acids is 1. The largest absolute Gasteiger partial charge is 0.490 e. The van der Waals surface area contributed by atoms with E-state index in [0.717, 1.165) is 49.8 Å². The molecule has 0 saturated heterocycles. The number of fused-ring (bicyclic) bond motifs is 2. The van der Waals surface area contributed by atoms with Crippen molar-refractivity contribution in [3.8, 4) is 11.5 Å². The molecule has 0 atom stereocenters. The highest BCUT2D eigenvalue weighted by Gasteiger charge is 2.38. The summed E-state index contributed by atoms with van der Waals surface area (Å²) in [6.07, 6.45) is -1.46. The Morgan fingerprint density at radius 3 is 2.52 bits per heavy atom. The van der Waals surface area contributed by atoms with Crippen molar-refractivity contribution in [2.24, 2.45) is 0 Å². The van der Waals surface area contributed by atoms with Crippen molar-refractivity contribution in [3.05, 3.63) is 41.3 Å². The molecule has 0 spiro atoms. The van der Waals surface area contributed by atoms with Gasteiger partial charge in [0.25, 0.3) is 0 Å². The topological polar surface area (TPSA) is 88.0 Å². The molecule has 0 radical (unpaired) electrons. The number of rotatable bonds is 3. The van der Waals surface area contributed by atoms with Crippen LogP contribution in [0.25, 0.3) is 0 Å². The molecule has 1 N–H and O–H groups in total. The Hall–Kier alpha value is -3.08. The highest BCUT2D eigenvalue weighted by Crippen LogP contribution is 2.33. The highest BCUT2D eigenvalue weighted by molar-refractivity contribution is 5.73. The smallest absolute Gasteiger partial charge is 0.475 e. The number of hydrogen-bond donors (Lipinski definition) is 1. The van der Waals surface area contributed by atoms with E-state index in [1.54, 1.807) is 6.33 Å². The predicted molar refractivity (Wildman–Crippen MR) is 105 cm³/mol. The zero-order chi connectivity index (χ0) is 22.6. The Labute approximate surface area is 177 Å². The van der Waals surface area contributed by atoms with Gasteiger partial charge in [0.2, 0.25) is 6.79 Å². The second-order valence-corrected chi connectivity index (χ2v) is 7.28. The number of carboxylic acid groups (broad SMARTS) is 1. The fourth-order valence-corrected chi connectivity index (χ4v) is 3.40. The Kier molecular flexibility index (Phi) is 6.84. The SMILES string of the molecule is CN(C)c1ncnc2c1CCN(Cc1ccc3c(c1)OCO3)CC2.O=C(O)C(F)(F)F. The van der Waals surface area contributed by atoms with Crippen LogP contribution in [0.2, 0.25) is 0 Å². The Morgan fingerprint density at radius 1 is 1.16 bits per heavy atom. The lowest BCUT2D eigenvalue weighted by molar-refractivity contribution is -0.192. The summed E-state index contributed by atoms with van der Waals surface area (Å²) in [5.41, 5.74) is 3.72. The second-order valence-electron chi connectivity index (χ2n) is 7.28. The van der Waals surface area contributed by atoms with Crippen LogP contribution in [0.1, 0.15) is 16.8 Å². The van der Waals surface area contributed by atoms with Gasteiger partial charge in [-0.15, -0.1) is 0 Å². The number of anilines is 1. The van der Waals surface area contributed by atoms with Crippen LogP contribution in [-0.4, -0.2) is 66.1 Å². The Balaban J connectivity index is 0.000000339. The third-order valence-electron chi connectivity index (χ3n) is 4.86. The van der Waals surface area contributed by atoms with Crippen LogP contribution >= 0.6 is 0 Å². The van der Waals surface area contributed by atoms with Crippen LogP contribution in [0.3, 0.4) is 0 Å². The average Bonchev–Trinajstić information content (AvgIpc) is 3.08. The van der Waals surface area contributed by atoms with Crippen molar-refractivity contribution in [1.29, 1.82) is 0 Å². The molecular formula is C20H23F3N4O4. The maximum absolute atomic E-state index is 10.6. The summed E-state index contributed by atoms with van der Waals surface area (Å²) in [5, 5.41) is 7.12. The molecule has 0 saturated carbocycles. The number of carboxylic acids is 1. The first kappa shape index (κ1) is 22.6. The Morgan fingerprint density at radius 2 is 1.84 bits per heavy atom. The van der Waals surface area contributed by atoms with E-state index in [-0.39, 0.29) is 0 Å². The molecule has 0 aliphatic carbocycles. The number of benzene rings is 1. The van der Waals surface area contributed by atoms with E-state index in [2.05, 4.69) is 31.9 Å². The van der Waals surface area contributed by atoms with Crippen molar-refractivity contribution < 1.29 is 32.5 Å². The van der Waals surface area contributed by atoms with Gasteiger partial charge in [-0.2, -0.15) is 13.2 Å². The lowest BCUT2D eigenvalue weighted by atomic mass is 10.1. The lowest BCUT2D eigenvalue weighted by Crippen LogP contribution is -2.26. The molecule has 11 heteroatoms. The summed E-state index contributed by atoms with van der Waals surface area (Å²) >= 11 is 0. The van der Waals surface area contributed by atoms with Gasteiger partial charge in [-0.25, -0.2) is 14.8 Å². The molecular weight excluding hydrogens is 417 g/mol. The predicted octanol–water partition coefficient (Wildman–Crippen LogP) is 2.51. The van der Waals surface area contributed by atoms with Crippen LogP contribution in [0.4, 0.5) is 19.0 Å². The van der Waals surface area contributed by atoms with Gasteiger partial charge in [-0.3, -0.25) is 4.90 Å². The molecule has 0 bridgehead atoms. The highest BCUT2D eigenvalue weighted by atomic mass is 19.4.